The molecule has 0 fully saturated rings. The summed E-state index contributed by atoms with van der Waals surface area (Å²) in [5, 5.41) is 0. The number of ketones is 1. The van der Waals surface area contributed by atoms with Gasteiger partial charge in [-0.1, -0.05) is 17.7 Å². The fourth-order valence-electron chi connectivity index (χ4n) is 2.52. The van der Waals surface area contributed by atoms with E-state index in [0.29, 0.717) is 25.2 Å². The first-order valence-electron chi connectivity index (χ1n) is 6.83. The topological polar surface area (TPSA) is 60.9 Å². The van der Waals surface area contributed by atoms with E-state index in [1.807, 2.05) is 4.57 Å². The predicted molar refractivity (Wildman–Crippen MR) is 80.0 cm³/mol. The van der Waals surface area contributed by atoms with Gasteiger partial charge in [-0.25, -0.2) is 4.98 Å². The van der Waals surface area contributed by atoms with Gasteiger partial charge in [-0.15, -0.1) is 0 Å². The van der Waals surface area contributed by atoms with E-state index in [2.05, 4.69) is 37.9 Å². The van der Waals surface area contributed by atoms with Crippen LogP contribution in [0.25, 0.3) is 0 Å². The zero-order chi connectivity index (χ0) is 14.7. The molecule has 0 aliphatic rings. The maximum atomic E-state index is 12.3. The summed E-state index contributed by atoms with van der Waals surface area (Å²) in [4.78, 5) is 16.5. The SMILES string of the molecule is Cc1cc(C)c(CC(=O)c2cn(CCN)cn2)c(C)c1. The number of nitrogens with two attached hydrogens (primary N) is 1. The molecule has 0 aliphatic carbocycles. The molecule has 1 aromatic heterocycles. The van der Waals surface area contributed by atoms with E-state index in [0.717, 1.165) is 16.7 Å². The number of aromatic nitrogens is 2. The minimum absolute atomic E-state index is 0.0517. The van der Waals surface area contributed by atoms with Gasteiger partial charge in [0.1, 0.15) is 5.69 Å². The number of hydrogen-bond acceptors (Lipinski definition) is 3. The molecule has 0 saturated heterocycles. The molecule has 0 amide bonds. The van der Waals surface area contributed by atoms with Gasteiger partial charge in [-0.05, 0) is 37.5 Å². The lowest BCUT2D eigenvalue weighted by Gasteiger charge is -2.10. The molecule has 0 radical (unpaired) electrons. The van der Waals surface area contributed by atoms with Crippen molar-refractivity contribution in [1.82, 2.24) is 9.55 Å². The molecule has 0 bridgehead atoms. The molecule has 0 saturated carbocycles. The Balaban J connectivity index is 2.19. The quantitative estimate of drug-likeness (QED) is 0.848. The summed E-state index contributed by atoms with van der Waals surface area (Å²) in [5.74, 6) is 0.0517. The molecule has 0 unspecified atom stereocenters. The maximum Gasteiger partial charge on any atom is 0.187 e. The number of aryl methyl sites for hydroxylation is 3. The van der Waals surface area contributed by atoms with Crippen LogP contribution in [-0.2, 0) is 13.0 Å². The summed E-state index contributed by atoms with van der Waals surface area (Å²) in [6.07, 6.45) is 3.83. The van der Waals surface area contributed by atoms with Gasteiger partial charge in [-0.2, -0.15) is 0 Å². The molecule has 106 valence electrons. The van der Waals surface area contributed by atoms with Crippen LogP contribution in [0.15, 0.2) is 24.7 Å². The second-order valence-corrected chi connectivity index (χ2v) is 5.26. The van der Waals surface area contributed by atoms with Gasteiger partial charge in [0.25, 0.3) is 0 Å². The Bertz CT molecular complexity index is 605. The average Bonchev–Trinajstić information content (AvgIpc) is 2.82. The minimum Gasteiger partial charge on any atom is -0.335 e. The molecule has 2 N–H and O–H groups in total. The number of imidazole rings is 1. The average molecular weight is 271 g/mol. The van der Waals surface area contributed by atoms with E-state index in [9.17, 15) is 4.79 Å². The zero-order valence-corrected chi connectivity index (χ0v) is 12.3. The number of hydrogen-bond donors (Lipinski definition) is 1. The molecule has 1 heterocycles. The van der Waals surface area contributed by atoms with Gasteiger partial charge in [0.15, 0.2) is 5.78 Å². The molecule has 4 nitrogen and oxygen atoms in total. The Morgan fingerprint density at radius 2 is 1.90 bits per heavy atom. The highest BCUT2D eigenvalue weighted by atomic mass is 16.1. The molecule has 2 aromatic rings. The fraction of sp³-hybridized carbons (Fsp3) is 0.375. The van der Waals surface area contributed by atoms with E-state index in [1.165, 1.54) is 5.56 Å². The zero-order valence-electron chi connectivity index (χ0n) is 12.3. The molecule has 1 aromatic carbocycles. The molecule has 0 atom stereocenters. The first-order chi connectivity index (χ1) is 9.51. The second kappa shape index (κ2) is 6.01. The van der Waals surface area contributed by atoms with E-state index in [4.69, 9.17) is 5.73 Å². The van der Waals surface area contributed by atoms with Crippen LogP contribution in [0.5, 0.6) is 0 Å². The standard InChI is InChI=1S/C16H21N3O/c1-11-6-12(2)14(13(3)7-11)8-16(20)15-9-19(5-4-17)10-18-15/h6-7,9-10H,4-5,8,17H2,1-3H3. The highest BCUT2D eigenvalue weighted by Crippen LogP contribution is 2.18. The van der Waals surface area contributed by atoms with Crippen molar-refractivity contribution in [2.75, 3.05) is 6.54 Å². The van der Waals surface area contributed by atoms with E-state index in [1.54, 1.807) is 12.5 Å². The lowest BCUT2D eigenvalue weighted by atomic mass is 9.95. The second-order valence-electron chi connectivity index (χ2n) is 5.26. The number of carbonyl (C=O) groups excluding carboxylic acids is 1. The molecule has 4 heteroatoms. The van der Waals surface area contributed by atoms with Crippen LogP contribution in [0.4, 0.5) is 0 Å². The lowest BCUT2D eigenvalue weighted by Crippen LogP contribution is -2.09. The smallest absolute Gasteiger partial charge is 0.187 e. The van der Waals surface area contributed by atoms with E-state index < -0.39 is 0 Å². The van der Waals surface area contributed by atoms with Gasteiger partial charge >= 0.3 is 0 Å². The summed E-state index contributed by atoms with van der Waals surface area (Å²) in [5.41, 5.74) is 10.7. The van der Waals surface area contributed by atoms with Crippen LogP contribution in [0.2, 0.25) is 0 Å². The first kappa shape index (κ1) is 14.5. The van der Waals surface area contributed by atoms with Crippen molar-refractivity contribution < 1.29 is 4.79 Å². The van der Waals surface area contributed by atoms with Crippen molar-refractivity contribution in [1.29, 1.82) is 0 Å². The lowest BCUT2D eigenvalue weighted by molar-refractivity contribution is 0.0988. The molecular weight excluding hydrogens is 250 g/mol. The van der Waals surface area contributed by atoms with Crippen LogP contribution in [0, 0.1) is 20.8 Å². The van der Waals surface area contributed by atoms with Crippen LogP contribution in [0.1, 0.15) is 32.7 Å². The van der Waals surface area contributed by atoms with Crippen LogP contribution >= 0.6 is 0 Å². The molecular formula is C16H21N3O. The minimum atomic E-state index is 0.0517. The Hall–Kier alpha value is -1.94. The summed E-state index contributed by atoms with van der Waals surface area (Å²) in [7, 11) is 0. The molecule has 0 spiro atoms. The van der Waals surface area contributed by atoms with E-state index >= 15 is 0 Å². The van der Waals surface area contributed by atoms with Crippen molar-refractivity contribution in [3.8, 4) is 0 Å². The fourth-order valence-corrected chi connectivity index (χ4v) is 2.52. The first-order valence-corrected chi connectivity index (χ1v) is 6.83. The maximum absolute atomic E-state index is 12.3. The number of Topliss-reactive ketones (excluding diaryl/α,β-unsaturated/α-hetero) is 1. The molecule has 2 rings (SSSR count). The van der Waals surface area contributed by atoms with Gasteiger partial charge in [0, 0.05) is 25.7 Å². The van der Waals surface area contributed by atoms with Gasteiger partial charge < -0.3 is 10.3 Å². The summed E-state index contributed by atoms with van der Waals surface area (Å²) in [6.45, 7) is 7.40. The number of nitrogens with zero attached hydrogens (tertiary/aromatic N) is 2. The highest BCUT2D eigenvalue weighted by Gasteiger charge is 2.13. The van der Waals surface area contributed by atoms with Crippen molar-refractivity contribution in [3.63, 3.8) is 0 Å². The molecule has 0 aliphatic heterocycles. The summed E-state index contributed by atoms with van der Waals surface area (Å²) >= 11 is 0. The summed E-state index contributed by atoms with van der Waals surface area (Å²) < 4.78 is 1.85. The number of rotatable bonds is 5. The van der Waals surface area contributed by atoms with Crippen molar-refractivity contribution in [2.24, 2.45) is 5.73 Å². The number of carbonyl (C=O) groups is 1. The van der Waals surface area contributed by atoms with Gasteiger partial charge in [0.05, 0.1) is 6.33 Å². The third kappa shape index (κ3) is 3.14. The Morgan fingerprint density at radius 1 is 1.25 bits per heavy atom. The van der Waals surface area contributed by atoms with Gasteiger partial charge in [0.2, 0.25) is 0 Å². The predicted octanol–water partition coefficient (Wildman–Crippen LogP) is 2.19. The monoisotopic (exact) mass is 271 g/mol. The van der Waals surface area contributed by atoms with Crippen LogP contribution < -0.4 is 5.73 Å². The van der Waals surface area contributed by atoms with Crippen LogP contribution in [-0.4, -0.2) is 21.9 Å². The summed E-state index contributed by atoms with van der Waals surface area (Å²) in [6, 6.07) is 4.23. The Labute approximate surface area is 119 Å². The third-order valence-corrected chi connectivity index (χ3v) is 3.48. The van der Waals surface area contributed by atoms with Crippen molar-refractivity contribution in [3.05, 3.63) is 52.6 Å². The highest BCUT2D eigenvalue weighted by molar-refractivity contribution is 5.95. The van der Waals surface area contributed by atoms with Crippen LogP contribution in [0.3, 0.4) is 0 Å². The number of benzene rings is 1. The van der Waals surface area contributed by atoms with Gasteiger partial charge in [-0.3, -0.25) is 4.79 Å². The van der Waals surface area contributed by atoms with E-state index in [-0.39, 0.29) is 5.78 Å². The largest absolute Gasteiger partial charge is 0.335 e. The normalized spacial score (nSPS) is 10.8. The van der Waals surface area contributed by atoms with Crippen molar-refractivity contribution in [2.45, 2.75) is 33.7 Å². The Morgan fingerprint density at radius 3 is 2.50 bits per heavy atom. The third-order valence-electron chi connectivity index (χ3n) is 3.48. The Kier molecular flexibility index (Phi) is 4.35. The van der Waals surface area contributed by atoms with Crippen molar-refractivity contribution >= 4 is 5.78 Å². The molecule has 20 heavy (non-hydrogen) atoms.